The maximum absolute atomic E-state index is 12.5. The Morgan fingerprint density at radius 3 is 2.70 bits per heavy atom. The molecule has 0 N–H and O–H groups in total. The molecule has 1 saturated heterocycles. The van der Waals surface area contributed by atoms with E-state index in [0.29, 0.717) is 0 Å². The van der Waals surface area contributed by atoms with Gasteiger partial charge in [-0.3, -0.25) is 9.69 Å². The van der Waals surface area contributed by atoms with Gasteiger partial charge in [0.1, 0.15) is 11.2 Å². The number of thiophene rings is 1. The van der Waals surface area contributed by atoms with Gasteiger partial charge in [0.2, 0.25) is 5.91 Å². The smallest absolute Gasteiger partial charge is 0.242 e. The van der Waals surface area contributed by atoms with E-state index in [1.165, 1.54) is 10.4 Å². The molecule has 2 aromatic heterocycles. The Morgan fingerprint density at radius 2 is 2.05 bits per heavy atom. The van der Waals surface area contributed by atoms with Crippen molar-refractivity contribution in [3.63, 3.8) is 0 Å². The van der Waals surface area contributed by atoms with Gasteiger partial charge in [0.05, 0.1) is 5.25 Å². The lowest BCUT2D eigenvalue weighted by atomic mass is 10.2. The molecule has 104 valence electrons. The summed E-state index contributed by atoms with van der Waals surface area (Å²) >= 11 is 3.41. The van der Waals surface area contributed by atoms with E-state index in [4.69, 9.17) is 0 Å². The molecular formula is C15H16N2OS2. The van der Waals surface area contributed by atoms with Gasteiger partial charge in [0.15, 0.2) is 0 Å². The summed E-state index contributed by atoms with van der Waals surface area (Å²) in [5.41, 5.74) is 2.17. The number of rotatable bonds is 2. The van der Waals surface area contributed by atoms with Crippen LogP contribution in [0.5, 0.6) is 0 Å². The highest BCUT2D eigenvalue weighted by molar-refractivity contribution is 8.01. The predicted octanol–water partition coefficient (Wildman–Crippen LogP) is 3.93. The summed E-state index contributed by atoms with van der Waals surface area (Å²) in [7, 11) is 0. The van der Waals surface area contributed by atoms with Crippen molar-refractivity contribution >= 4 is 34.8 Å². The SMILES string of the molecule is Cc1cccc(N2C(=O)[C@H](C)S[C@H]2c2sccc2C)n1. The Balaban J connectivity index is 2.05. The van der Waals surface area contributed by atoms with Crippen LogP contribution in [0.25, 0.3) is 0 Å². The van der Waals surface area contributed by atoms with Crippen molar-refractivity contribution in [1.82, 2.24) is 4.98 Å². The van der Waals surface area contributed by atoms with Crippen LogP contribution in [-0.4, -0.2) is 16.1 Å². The quantitative estimate of drug-likeness (QED) is 0.843. The minimum absolute atomic E-state index is 0.0242. The fourth-order valence-electron chi connectivity index (χ4n) is 2.34. The summed E-state index contributed by atoms with van der Waals surface area (Å²) in [5.74, 6) is 0.899. The molecule has 0 saturated carbocycles. The molecule has 0 unspecified atom stereocenters. The van der Waals surface area contributed by atoms with Crippen LogP contribution in [0.4, 0.5) is 5.82 Å². The van der Waals surface area contributed by atoms with Gasteiger partial charge in [-0.15, -0.1) is 23.1 Å². The maximum Gasteiger partial charge on any atom is 0.242 e. The first-order chi connectivity index (χ1) is 9.58. The molecule has 0 spiro atoms. The van der Waals surface area contributed by atoms with E-state index in [-0.39, 0.29) is 16.5 Å². The Morgan fingerprint density at radius 1 is 1.25 bits per heavy atom. The van der Waals surface area contributed by atoms with Gasteiger partial charge in [-0.2, -0.15) is 0 Å². The summed E-state index contributed by atoms with van der Waals surface area (Å²) < 4.78 is 0. The zero-order chi connectivity index (χ0) is 14.3. The second kappa shape index (κ2) is 5.22. The van der Waals surface area contributed by atoms with Gasteiger partial charge >= 0.3 is 0 Å². The van der Waals surface area contributed by atoms with Gasteiger partial charge in [0, 0.05) is 10.6 Å². The van der Waals surface area contributed by atoms with E-state index in [1.54, 1.807) is 23.1 Å². The summed E-state index contributed by atoms with van der Waals surface area (Å²) in [5, 5.41) is 2.11. The molecule has 3 heterocycles. The molecule has 0 radical (unpaired) electrons. The highest BCUT2D eigenvalue weighted by atomic mass is 32.2. The molecule has 1 amide bonds. The molecule has 2 aromatic rings. The number of aromatic nitrogens is 1. The first-order valence-corrected chi connectivity index (χ1v) is 8.36. The van der Waals surface area contributed by atoms with Crippen LogP contribution in [0.2, 0.25) is 0 Å². The van der Waals surface area contributed by atoms with Crippen LogP contribution in [-0.2, 0) is 4.79 Å². The second-order valence-corrected chi connectivity index (χ2v) is 7.32. The lowest BCUT2D eigenvalue weighted by Gasteiger charge is -2.23. The summed E-state index contributed by atoms with van der Waals surface area (Å²) in [6.07, 6.45) is 0. The van der Waals surface area contributed by atoms with Crippen molar-refractivity contribution < 1.29 is 4.79 Å². The number of thioether (sulfide) groups is 1. The van der Waals surface area contributed by atoms with Gasteiger partial charge in [-0.25, -0.2) is 4.98 Å². The average Bonchev–Trinajstić information content (AvgIpc) is 2.94. The van der Waals surface area contributed by atoms with E-state index >= 15 is 0 Å². The van der Waals surface area contributed by atoms with E-state index in [2.05, 4.69) is 23.4 Å². The van der Waals surface area contributed by atoms with Crippen molar-refractivity contribution in [3.8, 4) is 0 Å². The Bertz CT molecular complexity index is 653. The molecular weight excluding hydrogens is 288 g/mol. The molecule has 3 rings (SSSR count). The Hall–Kier alpha value is -1.33. The maximum atomic E-state index is 12.5. The second-order valence-electron chi connectivity index (χ2n) is 4.94. The molecule has 0 bridgehead atoms. The minimum atomic E-state index is -0.0242. The number of carbonyl (C=O) groups is 1. The van der Waals surface area contributed by atoms with Crippen LogP contribution >= 0.6 is 23.1 Å². The van der Waals surface area contributed by atoms with Crippen molar-refractivity contribution in [3.05, 3.63) is 45.8 Å². The highest BCUT2D eigenvalue weighted by Crippen LogP contribution is 2.47. The third-order valence-corrected chi connectivity index (χ3v) is 5.93. The molecule has 1 aliphatic rings. The fourth-order valence-corrected chi connectivity index (χ4v) is 4.82. The monoisotopic (exact) mass is 304 g/mol. The molecule has 20 heavy (non-hydrogen) atoms. The van der Waals surface area contributed by atoms with E-state index in [0.717, 1.165) is 11.5 Å². The van der Waals surface area contributed by atoms with Gasteiger partial charge in [-0.05, 0) is 49.9 Å². The molecule has 0 aromatic carbocycles. The van der Waals surface area contributed by atoms with Crippen LogP contribution in [0.3, 0.4) is 0 Å². The largest absolute Gasteiger partial charge is 0.278 e. The van der Waals surface area contributed by atoms with Crippen molar-refractivity contribution in [2.75, 3.05) is 4.90 Å². The van der Waals surface area contributed by atoms with Crippen LogP contribution in [0.15, 0.2) is 29.6 Å². The number of anilines is 1. The third kappa shape index (κ3) is 2.25. The standard InChI is InChI=1S/C15H16N2OS2/c1-9-7-8-19-13(9)15-17(14(18)11(3)20-15)12-6-4-5-10(2)16-12/h4-8,11,15H,1-3H3/t11-,15-/m0/s1. The average molecular weight is 304 g/mol. The highest BCUT2D eigenvalue weighted by Gasteiger charge is 2.41. The zero-order valence-corrected chi connectivity index (χ0v) is 13.3. The van der Waals surface area contributed by atoms with Gasteiger partial charge < -0.3 is 0 Å². The Kier molecular flexibility index (Phi) is 3.56. The van der Waals surface area contributed by atoms with Gasteiger partial charge in [0.25, 0.3) is 0 Å². The summed E-state index contributed by atoms with van der Waals surface area (Å²) in [6, 6.07) is 7.93. The van der Waals surface area contributed by atoms with Crippen molar-refractivity contribution in [1.29, 1.82) is 0 Å². The number of pyridine rings is 1. The third-order valence-electron chi connectivity index (χ3n) is 3.40. The topological polar surface area (TPSA) is 33.2 Å². The first-order valence-electron chi connectivity index (χ1n) is 6.54. The van der Waals surface area contributed by atoms with Crippen molar-refractivity contribution in [2.24, 2.45) is 0 Å². The molecule has 1 fully saturated rings. The predicted molar refractivity (Wildman–Crippen MR) is 85.3 cm³/mol. The molecule has 0 aliphatic carbocycles. The van der Waals surface area contributed by atoms with Gasteiger partial charge in [-0.1, -0.05) is 6.07 Å². The molecule has 3 nitrogen and oxygen atoms in total. The van der Waals surface area contributed by atoms with Crippen molar-refractivity contribution in [2.45, 2.75) is 31.4 Å². The minimum Gasteiger partial charge on any atom is -0.278 e. The molecule has 1 aliphatic heterocycles. The van der Waals surface area contributed by atoms with Crippen LogP contribution in [0.1, 0.15) is 28.4 Å². The Labute approximate surface area is 127 Å². The number of carbonyl (C=O) groups excluding carboxylic acids is 1. The summed E-state index contributed by atoms with van der Waals surface area (Å²) in [4.78, 5) is 20.1. The fraction of sp³-hybridized carbons (Fsp3) is 0.333. The zero-order valence-electron chi connectivity index (χ0n) is 11.7. The number of hydrogen-bond donors (Lipinski definition) is 0. The first kappa shape index (κ1) is 13.6. The number of hydrogen-bond acceptors (Lipinski definition) is 4. The van der Waals surface area contributed by atoms with E-state index < -0.39 is 0 Å². The van der Waals surface area contributed by atoms with Crippen LogP contribution in [0, 0.1) is 13.8 Å². The number of aryl methyl sites for hydroxylation is 2. The van der Waals surface area contributed by atoms with E-state index in [1.807, 2.05) is 36.9 Å². The van der Waals surface area contributed by atoms with Crippen LogP contribution < -0.4 is 4.90 Å². The summed E-state index contributed by atoms with van der Waals surface area (Å²) in [6.45, 7) is 6.02. The lowest BCUT2D eigenvalue weighted by molar-refractivity contribution is -0.117. The van der Waals surface area contributed by atoms with E-state index in [9.17, 15) is 4.79 Å². The number of amides is 1. The normalized spacial score (nSPS) is 22.6. The number of nitrogens with zero attached hydrogens (tertiary/aromatic N) is 2. The molecule has 2 atom stereocenters. The molecule has 5 heteroatoms. The lowest BCUT2D eigenvalue weighted by Crippen LogP contribution is -2.30.